The first kappa shape index (κ1) is 14.0. The molecular formula is C16H23P2-. The molecule has 0 amide bonds. The first-order valence-electron chi connectivity index (χ1n) is 6.53. The summed E-state index contributed by atoms with van der Waals surface area (Å²) in [5.41, 5.74) is 0.618. The molecule has 2 heteroatoms. The molecule has 0 aliphatic carbocycles. The van der Waals surface area contributed by atoms with Gasteiger partial charge < -0.3 is 7.87 Å². The summed E-state index contributed by atoms with van der Waals surface area (Å²) in [7, 11) is 1.48. The maximum absolute atomic E-state index is 2.36. The van der Waals surface area contributed by atoms with E-state index in [9.17, 15) is 0 Å². The third-order valence-electron chi connectivity index (χ3n) is 3.06. The standard InChI is InChI=1S/C16H23P2/c1-15(2,3)13-14(16(4,5)6)18(17-13)12-10-8-7-9-11-12/h7-11H,1-6H3/q-1. The fourth-order valence-corrected chi connectivity index (χ4v) is 9.02. The topological polar surface area (TPSA) is 0 Å². The van der Waals surface area contributed by atoms with Gasteiger partial charge in [-0.25, -0.2) is 0 Å². The normalized spacial score (nSPS) is 14.4. The highest BCUT2D eigenvalue weighted by Crippen LogP contribution is 2.65. The van der Waals surface area contributed by atoms with Crippen molar-refractivity contribution in [3.63, 3.8) is 0 Å². The molecule has 0 radical (unpaired) electrons. The molecule has 2 aromatic rings. The van der Waals surface area contributed by atoms with Gasteiger partial charge >= 0.3 is 0 Å². The van der Waals surface area contributed by atoms with Crippen molar-refractivity contribution in [1.82, 2.24) is 0 Å². The zero-order valence-corrected chi connectivity index (χ0v) is 14.1. The molecule has 0 saturated heterocycles. The molecule has 18 heavy (non-hydrogen) atoms. The van der Waals surface area contributed by atoms with Crippen LogP contribution in [-0.2, 0) is 10.8 Å². The molecule has 1 aromatic heterocycles. The Hall–Kier alpha value is -0.440. The van der Waals surface area contributed by atoms with Gasteiger partial charge in [-0.3, -0.25) is 7.21 Å². The minimum absolute atomic E-state index is 0.0961. The van der Waals surface area contributed by atoms with Gasteiger partial charge in [-0.1, -0.05) is 77.2 Å². The second kappa shape index (κ2) is 4.59. The molecule has 0 aliphatic heterocycles. The SMILES string of the molecule is CC(C)(C)c1[p-]p(-c2ccccc2)c1C(C)(C)C. The van der Waals surface area contributed by atoms with E-state index < -0.39 is 0 Å². The van der Waals surface area contributed by atoms with E-state index in [4.69, 9.17) is 0 Å². The van der Waals surface area contributed by atoms with Crippen LogP contribution in [0.1, 0.15) is 52.1 Å². The summed E-state index contributed by atoms with van der Waals surface area (Å²) in [5.74, 6) is 0. The maximum atomic E-state index is 2.36. The Morgan fingerprint density at radius 3 is 1.83 bits per heavy atom. The van der Waals surface area contributed by atoms with E-state index in [1.165, 1.54) is 5.30 Å². The van der Waals surface area contributed by atoms with Gasteiger partial charge in [-0.2, -0.15) is 5.30 Å². The lowest BCUT2D eigenvalue weighted by Crippen LogP contribution is -2.21. The minimum Gasteiger partial charge on any atom is -0.494 e. The second-order valence-electron chi connectivity index (χ2n) is 6.94. The second-order valence-corrected chi connectivity index (χ2v) is 11.0. The zero-order valence-electron chi connectivity index (χ0n) is 12.3. The van der Waals surface area contributed by atoms with E-state index in [1.54, 1.807) is 18.5 Å². The van der Waals surface area contributed by atoms with E-state index in [0.717, 1.165) is 0 Å². The minimum atomic E-state index is -0.0961. The highest BCUT2D eigenvalue weighted by Gasteiger charge is 2.24. The van der Waals surface area contributed by atoms with Crippen LogP contribution >= 0.6 is 15.1 Å². The largest absolute Gasteiger partial charge is 0.494 e. The Balaban J connectivity index is 2.53. The van der Waals surface area contributed by atoms with Crippen LogP contribution in [0.2, 0.25) is 0 Å². The molecule has 0 nitrogen and oxygen atoms in total. The van der Waals surface area contributed by atoms with Crippen molar-refractivity contribution in [2.24, 2.45) is 0 Å². The smallest absolute Gasteiger partial charge is 0.0139 e. The predicted octanol–water partition coefficient (Wildman–Crippen LogP) is 6.56. The van der Waals surface area contributed by atoms with Crippen molar-refractivity contribution in [3.8, 4) is 5.30 Å². The van der Waals surface area contributed by atoms with Gasteiger partial charge in [0.1, 0.15) is 0 Å². The monoisotopic (exact) mass is 277 g/mol. The molecule has 0 fully saturated rings. The molecular weight excluding hydrogens is 254 g/mol. The van der Waals surface area contributed by atoms with E-state index in [2.05, 4.69) is 71.9 Å². The lowest BCUT2D eigenvalue weighted by atomic mass is 9.86. The van der Waals surface area contributed by atoms with Gasteiger partial charge in [0.15, 0.2) is 0 Å². The number of hydrogen-bond donors (Lipinski definition) is 0. The van der Waals surface area contributed by atoms with Crippen molar-refractivity contribution >= 4 is 15.1 Å². The highest BCUT2D eigenvalue weighted by atomic mass is 31.9. The molecule has 0 saturated carbocycles. The zero-order chi connectivity index (χ0) is 13.6. The third kappa shape index (κ3) is 2.61. The van der Waals surface area contributed by atoms with Gasteiger partial charge in [0.25, 0.3) is 0 Å². The molecule has 1 heterocycles. The lowest BCUT2D eigenvalue weighted by Gasteiger charge is -2.46. The molecule has 0 spiro atoms. The van der Waals surface area contributed by atoms with Crippen LogP contribution in [0.3, 0.4) is 0 Å². The average Bonchev–Trinajstić information content (AvgIpc) is 2.12. The van der Waals surface area contributed by atoms with E-state index >= 15 is 0 Å². The molecule has 0 N–H and O–H groups in total. The number of benzene rings is 1. The average molecular weight is 277 g/mol. The van der Waals surface area contributed by atoms with Crippen molar-refractivity contribution in [3.05, 3.63) is 40.9 Å². The van der Waals surface area contributed by atoms with Gasteiger partial charge in [-0.15, -0.1) is 0 Å². The number of rotatable bonds is 1. The van der Waals surface area contributed by atoms with Crippen molar-refractivity contribution in [1.29, 1.82) is 0 Å². The summed E-state index contributed by atoms with van der Waals surface area (Å²) in [4.78, 5) is 0. The van der Waals surface area contributed by atoms with Crippen LogP contribution < -0.4 is 0 Å². The summed E-state index contributed by atoms with van der Waals surface area (Å²) in [6.45, 7) is 14.1. The summed E-state index contributed by atoms with van der Waals surface area (Å²) in [6, 6.07) is 11.0. The van der Waals surface area contributed by atoms with Crippen LogP contribution in [0.4, 0.5) is 0 Å². The van der Waals surface area contributed by atoms with Crippen molar-refractivity contribution < 1.29 is 0 Å². The Kier molecular flexibility index (Phi) is 3.56. The van der Waals surface area contributed by atoms with Crippen LogP contribution in [0, 0.1) is 0 Å². The Bertz CT molecular complexity index is 516. The Morgan fingerprint density at radius 2 is 1.39 bits per heavy atom. The van der Waals surface area contributed by atoms with Gasteiger partial charge in [0.2, 0.25) is 0 Å². The van der Waals surface area contributed by atoms with Crippen molar-refractivity contribution in [2.75, 3.05) is 0 Å². The summed E-state index contributed by atoms with van der Waals surface area (Å²) < 4.78 is 0. The first-order chi connectivity index (χ1) is 8.21. The fraction of sp³-hybridized carbons (Fsp3) is 0.500. The molecule has 0 aliphatic rings. The van der Waals surface area contributed by atoms with Crippen LogP contribution in [0.5, 0.6) is 0 Å². The first-order valence-corrected chi connectivity index (χ1v) is 9.47. The molecule has 2 rings (SSSR count). The van der Waals surface area contributed by atoms with Gasteiger partial charge in [-0.05, 0) is 16.1 Å². The highest BCUT2D eigenvalue weighted by molar-refractivity contribution is 8.07. The van der Waals surface area contributed by atoms with Gasteiger partial charge in [0, 0.05) is 0 Å². The molecule has 1 aromatic carbocycles. The summed E-state index contributed by atoms with van der Waals surface area (Å²) >= 11 is 0. The molecule has 98 valence electrons. The van der Waals surface area contributed by atoms with Gasteiger partial charge in [0.05, 0.1) is 0 Å². The van der Waals surface area contributed by atoms with E-state index in [0.29, 0.717) is 10.8 Å². The molecule has 1 unspecified atom stereocenters. The molecule has 1 atom stereocenters. The van der Waals surface area contributed by atoms with Crippen molar-refractivity contribution in [2.45, 2.75) is 52.4 Å². The van der Waals surface area contributed by atoms with Crippen LogP contribution in [0.15, 0.2) is 30.3 Å². The summed E-state index contributed by atoms with van der Waals surface area (Å²) in [6.07, 6.45) is 0. The Morgan fingerprint density at radius 1 is 0.833 bits per heavy atom. The lowest BCUT2D eigenvalue weighted by molar-refractivity contribution is 0.548. The van der Waals surface area contributed by atoms with Crippen LogP contribution in [0.25, 0.3) is 5.30 Å². The fourth-order valence-electron chi connectivity index (χ4n) is 2.19. The van der Waals surface area contributed by atoms with E-state index in [1.807, 2.05) is 0 Å². The Labute approximate surface area is 114 Å². The quantitative estimate of drug-likeness (QED) is 0.554. The van der Waals surface area contributed by atoms with Crippen LogP contribution in [-0.4, -0.2) is 0 Å². The maximum Gasteiger partial charge on any atom is -0.0139 e. The van der Waals surface area contributed by atoms with E-state index in [-0.39, 0.29) is 7.21 Å². The predicted molar refractivity (Wildman–Crippen MR) is 86.0 cm³/mol. The number of hydrogen-bond acceptors (Lipinski definition) is 0. The molecule has 0 bridgehead atoms. The summed E-state index contributed by atoms with van der Waals surface area (Å²) in [5, 5.41) is 4.93. The third-order valence-corrected chi connectivity index (χ3v) is 9.13.